The third kappa shape index (κ3) is 2.52. The number of fused-ring (bicyclic) bond motifs is 3. The number of nitrogens with zero attached hydrogens (tertiary/aromatic N) is 4. The number of carboxylic acid groups (broad SMARTS) is 1. The molecule has 3 aromatic rings. The highest BCUT2D eigenvalue weighted by atomic mass is 79.9. The fourth-order valence-electron chi connectivity index (χ4n) is 3.68. The van der Waals surface area contributed by atoms with Crippen LogP contribution in [-0.4, -0.2) is 43.3 Å². The van der Waals surface area contributed by atoms with Gasteiger partial charge in [0.25, 0.3) is 0 Å². The molecule has 1 aliphatic heterocycles. The van der Waals surface area contributed by atoms with E-state index in [0.29, 0.717) is 13.1 Å². The van der Waals surface area contributed by atoms with Crippen LogP contribution in [0.25, 0.3) is 21.9 Å². The van der Waals surface area contributed by atoms with Crippen molar-refractivity contribution in [2.45, 2.75) is 18.9 Å². The Kier molecular flexibility index (Phi) is 3.79. The maximum atomic E-state index is 12.9. The first-order valence-electron chi connectivity index (χ1n) is 8.10. The first-order valence-corrected chi connectivity index (χ1v) is 8.89. The Morgan fingerprint density at radius 1 is 1.40 bits per heavy atom. The van der Waals surface area contributed by atoms with Gasteiger partial charge in [0.05, 0.1) is 28.8 Å². The molecule has 1 unspecified atom stereocenters. The Labute approximate surface area is 151 Å². The third-order valence-corrected chi connectivity index (χ3v) is 5.40. The van der Waals surface area contributed by atoms with Crippen LogP contribution in [0.1, 0.15) is 18.9 Å². The Bertz CT molecular complexity index is 1060. The highest BCUT2D eigenvalue weighted by Crippen LogP contribution is 2.30. The number of hydrogen-bond acceptors (Lipinski definition) is 3. The van der Waals surface area contributed by atoms with E-state index in [4.69, 9.17) is 0 Å². The number of piperidine rings is 1. The van der Waals surface area contributed by atoms with E-state index in [1.54, 1.807) is 22.4 Å². The predicted molar refractivity (Wildman–Crippen MR) is 98.0 cm³/mol. The summed E-state index contributed by atoms with van der Waals surface area (Å²) in [5, 5.41) is 10.2. The Morgan fingerprint density at radius 2 is 2.20 bits per heavy atom. The van der Waals surface area contributed by atoms with Crippen LogP contribution in [0.2, 0.25) is 0 Å². The van der Waals surface area contributed by atoms with Gasteiger partial charge in [-0.05, 0) is 31.0 Å². The van der Waals surface area contributed by atoms with Gasteiger partial charge in [0.1, 0.15) is 0 Å². The molecular formula is C17H17BrN4O3. The summed E-state index contributed by atoms with van der Waals surface area (Å²) >= 11 is 3.48. The summed E-state index contributed by atoms with van der Waals surface area (Å²) in [5.41, 5.74) is 2.24. The van der Waals surface area contributed by atoms with Crippen LogP contribution < -0.4 is 5.69 Å². The molecule has 0 radical (unpaired) electrons. The second kappa shape index (κ2) is 5.87. The zero-order valence-corrected chi connectivity index (χ0v) is 15.2. The van der Waals surface area contributed by atoms with E-state index in [9.17, 15) is 14.7 Å². The van der Waals surface area contributed by atoms with E-state index < -0.39 is 6.09 Å². The van der Waals surface area contributed by atoms with Gasteiger partial charge in [-0.2, -0.15) is 0 Å². The average molecular weight is 405 g/mol. The first-order chi connectivity index (χ1) is 12.0. The van der Waals surface area contributed by atoms with Gasteiger partial charge >= 0.3 is 11.8 Å². The normalized spacial score (nSPS) is 18.2. The number of halogens is 1. The van der Waals surface area contributed by atoms with Gasteiger partial charge in [0.15, 0.2) is 0 Å². The molecular weight excluding hydrogens is 388 g/mol. The zero-order chi connectivity index (χ0) is 17.7. The predicted octanol–water partition coefficient (Wildman–Crippen LogP) is 2.97. The van der Waals surface area contributed by atoms with E-state index in [0.717, 1.165) is 39.3 Å². The van der Waals surface area contributed by atoms with Crippen molar-refractivity contribution < 1.29 is 9.90 Å². The highest BCUT2D eigenvalue weighted by Gasteiger charge is 2.28. The van der Waals surface area contributed by atoms with E-state index in [1.807, 2.05) is 18.2 Å². The molecule has 0 saturated carbocycles. The van der Waals surface area contributed by atoms with E-state index in [2.05, 4.69) is 20.9 Å². The van der Waals surface area contributed by atoms with Crippen LogP contribution in [0.4, 0.5) is 4.79 Å². The maximum Gasteiger partial charge on any atom is 0.407 e. The number of imidazole rings is 1. The second-order valence-electron chi connectivity index (χ2n) is 6.39. The summed E-state index contributed by atoms with van der Waals surface area (Å²) in [6.07, 6.45) is 2.29. The molecule has 3 heterocycles. The lowest BCUT2D eigenvalue weighted by Gasteiger charge is -2.31. The van der Waals surface area contributed by atoms with Crippen molar-refractivity contribution in [2.24, 2.45) is 7.05 Å². The van der Waals surface area contributed by atoms with Crippen molar-refractivity contribution in [3.8, 4) is 0 Å². The van der Waals surface area contributed by atoms with Crippen LogP contribution in [-0.2, 0) is 7.05 Å². The fraction of sp³-hybridized carbons (Fsp3) is 0.353. The van der Waals surface area contributed by atoms with Gasteiger partial charge in [-0.3, -0.25) is 14.1 Å². The van der Waals surface area contributed by atoms with Gasteiger partial charge in [-0.1, -0.05) is 15.9 Å². The third-order valence-electron chi connectivity index (χ3n) is 4.91. The molecule has 25 heavy (non-hydrogen) atoms. The number of pyridine rings is 1. The standard InChI is InChI=1S/C17H17BrN4O3/c1-20-14-8-19-13-5-4-10(18)7-12(13)15(14)22(16(20)23)11-3-2-6-21(9-11)17(24)25/h4-5,7-8,11H,2-3,6,9H2,1H3,(H,24,25). The van der Waals surface area contributed by atoms with Crippen LogP contribution in [0.3, 0.4) is 0 Å². The summed E-state index contributed by atoms with van der Waals surface area (Å²) in [4.78, 5) is 30.1. The molecule has 1 N–H and O–H groups in total. The Hall–Kier alpha value is -2.35. The van der Waals surface area contributed by atoms with Gasteiger partial charge < -0.3 is 10.0 Å². The molecule has 0 bridgehead atoms. The molecule has 1 fully saturated rings. The molecule has 1 amide bonds. The van der Waals surface area contributed by atoms with Crippen molar-refractivity contribution >= 4 is 44.0 Å². The number of amides is 1. The summed E-state index contributed by atoms with van der Waals surface area (Å²) in [6, 6.07) is 5.61. The lowest BCUT2D eigenvalue weighted by atomic mass is 10.1. The molecule has 1 saturated heterocycles. The monoisotopic (exact) mass is 404 g/mol. The average Bonchev–Trinajstić information content (AvgIpc) is 2.86. The summed E-state index contributed by atoms with van der Waals surface area (Å²) in [6.45, 7) is 0.839. The molecule has 7 nitrogen and oxygen atoms in total. The largest absolute Gasteiger partial charge is 0.465 e. The quantitative estimate of drug-likeness (QED) is 0.675. The lowest BCUT2D eigenvalue weighted by molar-refractivity contribution is 0.121. The minimum absolute atomic E-state index is 0.137. The van der Waals surface area contributed by atoms with Gasteiger partial charge in [-0.25, -0.2) is 9.59 Å². The zero-order valence-electron chi connectivity index (χ0n) is 13.6. The summed E-state index contributed by atoms with van der Waals surface area (Å²) < 4.78 is 4.25. The van der Waals surface area contributed by atoms with Crippen molar-refractivity contribution in [3.63, 3.8) is 0 Å². The van der Waals surface area contributed by atoms with Gasteiger partial charge in [0.2, 0.25) is 0 Å². The van der Waals surface area contributed by atoms with E-state index in [-0.39, 0.29) is 11.7 Å². The summed E-state index contributed by atoms with van der Waals surface area (Å²) in [7, 11) is 1.73. The number of aryl methyl sites for hydroxylation is 1. The first kappa shape index (κ1) is 16.1. The smallest absolute Gasteiger partial charge is 0.407 e. The highest BCUT2D eigenvalue weighted by molar-refractivity contribution is 9.10. The van der Waals surface area contributed by atoms with E-state index >= 15 is 0 Å². The fourth-order valence-corrected chi connectivity index (χ4v) is 4.04. The topological polar surface area (TPSA) is 80.4 Å². The number of benzene rings is 1. The molecule has 4 rings (SSSR count). The van der Waals surface area contributed by atoms with Gasteiger partial charge in [0, 0.05) is 30.0 Å². The molecule has 2 aromatic heterocycles. The SMILES string of the molecule is Cn1c(=O)n(C2CCCN(C(=O)O)C2)c2c3cc(Br)ccc3ncc21. The molecule has 130 valence electrons. The molecule has 1 atom stereocenters. The minimum Gasteiger partial charge on any atom is -0.465 e. The van der Waals surface area contributed by atoms with Crippen molar-refractivity contribution in [1.82, 2.24) is 19.0 Å². The lowest BCUT2D eigenvalue weighted by Crippen LogP contribution is -2.42. The molecule has 0 spiro atoms. The number of hydrogen-bond donors (Lipinski definition) is 1. The van der Waals surface area contributed by atoms with Crippen LogP contribution >= 0.6 is 15.9 Å². The van der Waals surface area contributed by atoms with Crippen molar-refractivity contribution in [2.75, 3.05) is 13.1 Å². The molecule has 0 aliphatic carbocycles. The van der Waals surface area contributed by atoms with Crippen molar-refractivity contribution in [1.29, 1.82) is 0 Å². The molecule has 1 aliphatic rings. The number of rotatable bonds is 1. The van der Waals surface area contributed by atoms with E-state index in [1.165, 1.54) is 4.90 Å². The Balaban J connectivity index is 1.99. The van der Waals surface area contributed by atoms with Crippen LogP contribution in [0.15, 0.2) is 33.7 Å². The number of carbonyl (C=O) groups is 1. The van der Waals surface area contributed by atoms with Crippen molar-refractivity contribution in [3.05, 3.63) is 39.4 Å². The minimum atomic E-state index is -0.938. The Morgan fingerprint density at radius 3 is 2.96 bits per heavy atom. The van der Waals surface area contributed by atoms with Gasteiger partial charge in [-0.15, -0.1) is 0 Å². The molecule has 1 aromatic carbocycles. The maximum absolute atomic E-state index is 12.9. The number of likely N-dealkylation sites (tertiary alicyclic amines) is 1. The second-order valence-corrected chi connectivity index (χ2v) is 7.31. The van der Waals surface area contributed by atoms with Crippen LogP contribution in [0, 0.1) is 0 Å². The number of aromatic nitrogens is 3. The summed E-state index contributed by atoms with van der Waals surface area (Å²) in [5.74, 6) is 0. The van der Waals surface area contributed by atoms with Crippen LogP contribution in [0.5, 0.6) is 0 Å². The molecule has 8 heteroatoms.